The summed E-state index contributed by atoms with van der Waals surface area (Å²) in [5.41, 5.74) is 3.06. The molecule has 0 bridgehead atoms. The molecule has 0 aliphatic rings. The molecule has 0 saturated heterocycles. The van der Waals surface area contributed by atoms with Crippen molar-refractivity contribution in [3.63, 3.8) is 0 Å². The van der Waals surface area contributed by atoms with Gasteiger partial charge in [-0.25, -0.2) is 0 Å². The highest BCUT2D eigenvalue weighted by Crippen LogP contribution is 2.28. The molecule has 0 spiro atoms. The fourth-order valence-electron chi connectivity index (χ4n) is 2.16. The smallest absolute Gasteiger partial charge is 0.529 e. The van der Waals surface area contributed by atoms with Crippen molar-refractivity contribution < 1.29 is 19.5 Å². The van der Waals surface area contributed by atoms with Crippen LogP contribution in [0.1, 0.15) is 22.3 Å². The van der Waals surface area contributed by atoms with Crippen LogP contribution in [0.15, 0.2) is 24.3 Å². The summed E-state index contributed by atoms with van der Waals surface area (Å²) in [4.78, 5) is 0. The van der Waals surface area contributed by atoms with Crippen LogP contribution in [0.25, 0.3) is 0 Å². The molecule has 0 aliphatic carbocycles. The molecule has 2 N–H and O–H groups in total. The summed E-state index contributed by atoms with van der Waals surface area (Å²) < 4.78 is 11.1. The van der Waals surface area contributed by atoms with Crippen LogP contribution in [0.2, 0.25) is 0 Å². The quantitative estimate of drug-likeness (QED) is 0.848. The summed E-state index contributed by atoms with van der Waals surface area (Å²) in [7, 11) is 0.0628. The fourth-order valence-corrected chi connectivity index (χ4v) is 2.16. The number of phenolic OH excluding ortho intramolecular Hbond substituents is 2. The van der Waals surface area contributed by atoms with Gasteiger partial charge in [0, 0.05) is 0 Å². The Labute approximate surface area is 125 Å². The molecule has 0 heterocycles. The first-order valence-electron chi connectivity index (χ1n) is 6.74. The lowest BCUT2D eigenvalue weighted by atomic mass is 10.1. The third kappa shape index (κ3) is 3.43. The lowest BCUT2D eigenvalue weighted by molar-refractivity contribution is 0.445. The Balaban J connectivity index is 2.02. The van der Waals surface area contributed by atoms with Gasteiger partial charge in [-0.3, -0.25) is 0 Å². The van der Waals surface area contributed by atoms with Gasteiger partial charge in [0.15, 0.2) is 0 Å². The zero-order valence-electron chi connectivity index (χ0n) is 12.7. The average molecular weight is 286 g/mol. The molecule has 0 atom stereocenters. The zero-order chi connectivity index (χ0) is 15.6. The fraction of sp³-hybridized carbons (Fsp3) is 0.250. The minimum atomic E-state index is 0.0628. The molecule has 0 aromatic heterocycles. The van der Waals surface area contributed by atoms with Crippen LogP contribution < -0.4 is 9.31 Å². The monoisotopic (exact) mass is 286 g/mol. The highest BCUT2D eigenvalue weighted by molar-refractivity contribution is 6.20. The number of aryl methyl sites for hydroxylation is 4. The lowest BCUT2D eigenvalue weighted by Crippen LogP contribution is -2.11. The van der Waals surface area contributed by atoms with Crippen molar-refractivity contribution in [3.05, 3.63) is 46.5 Å². The molecule has 2 rings (SSSR count). The SMILES string of the molecule is Cc1cc(OBOc2cc(C)c(O)c(C)c2)cc(C)c1O. The summed E-state index contributed by atoms with van der Waals surface area (Å²) in [5.74, 6) is 1.87. The van der Waals surface area contributed by atoms with Crippen molar-refractivity contribution in [2.24, 2.45) is 0 Å². The predicted octanol–water partition coefficient (Wildman–Crippen LogP) is 3.06. The maximum Gasteiger partial charge on any atom is 0.576 e. The molecular weight excluding hydrogens is 267 g/mol. The molecule has 21 heavy (non-hydrogen) atoms. The summed E-state index contributed by atoms with van der Waals surface area (Å²) in [6.45, 7) is 7.29. The second-order valence-electron chi connectivity index (χ2n) is 5.22. The van der Waals surface area contributed by atoms with E-state index in [1.807, 2.05) is 27.7 Å². The zero-order valence-corrected chi connectivity index (χ0v) is 12.7. The van der Waals surface area contributed by atoms with Gasteiger partial charge in [0.1, 0.15) is 23.0 Å². The van der Waals surface area contributed by atoms with E-state index in [1.54, 1.807) is 24.3 Å². The minimum Gasteiger partial charge on any atom is -0.529 e. The Bertz CT molecular complexity index is 564. The standard InChI is InChI=1S/C16H19BO4/c1-9-5-13(6-10(2)15(9)18)20-17-21-14-7-11(3)16(19)12(4)8-14/h5-8,17-19H,1-4H3. The van der Waals surface area contributed by atoms with Crippen LogP contribution in [0.4, 0.5) is 0 Å². The summed E-state index contributed by atoms with van der Waals surface area (Å²) >= 11 is 0. The molecule has 0 amide bonds. The second-order valence-corrected chi connectivity index (χ2v) is 5.22. The van der Waals surface area contributed by atoms with Crippen molar-refractivity contribution >= 4 is 7.69 Å². The third-order valence-corrected chi connectivity index (χ3v) is 3.38. The number of hydrogen-bond donors (Lipinski definition) is 2. The van der Waals surface area contributed by atoms with E-state index in [2.05, 4.69) is 0 Å². The Hall–Kier alpha value is -2.30. The van der Waals surface area contributed by atoms with Gasteiger partial charge < -0.3 is 19.5 Å². The summed E-state index contributed by atoms with van der Waals surface area (Å²) in [6.07, 6.45) is 0. The minimum absolute atomic E-state index is 0.0628. The maximum atomic E-state index is 9.71. The Morgan fingerprint density at radius 3 is 1.24 bits per heavy atom. The summed E-state index contributed by atoms with van der Waals surface area (Å²) in [5, 5.41) is 19.4. The second kappa shape index (κ2) is 6.00. The largest absolute Gasteiger partial charge is 0.576 e. The van der Waals surface area contributed by atoms with Gasteiger partial charge in [-0.1, -0.05) is 0 Å². The van der Waals surface area contributed by atoms with Crippen molar-refractivity contribution in [2.75, 3.05) is 0 Å². The van der Waals surface area contributed by atoms with Crippen molar-refractivity contribution in [1.82, 2.24) is 0 Å². The van der Waals surface area contributed by atoms with Crippen molar-refractivity contribution in [2.45, 2.75) is 27.7 Å². The van der Waals surface area contributed by atoms with Gasteiger partial charge in [0.25, 0.3) is 0 Å². The first kappa shape index (κ1) is 15.1. The van der Waals surface area contributed by atoms with E-state index in [0.717, 1.165) is 22.3 Å². The Kier molecular flexibility index (Phi) is 4.31. The first-order chi connectivity index (χ1) is 9.88. The van der Waals surface area contributed by atoms with Crippen LogP contribution in [0, 0.1) is 27.7 Å². The highest BCUT2D eigenvalue weighted by Gasteiger charge is 2.08. The molecule has 2 aromatic rings. The Morgan fingerprint density at radius 1 is 0.667 bits per heavy atom. The van der Waals surface area contributed by atoms with Crippen LogP contribution >= 0.6 is 0 Å². The van der Waals surface area contributed by atoms with E-state index >= 15 is 0 Å². The van der Waals surface area contributed by atoms with E-state index < -0.39 is 0 Å². The maximum absolute atomic E-state index is 9.71. The van der Waals surface area contributed by atoms with Gasteiger partial charge in [-0.05, 0) is 74.2 Å². The molecular formula is C16H19BO4. The van der Waals surface area contributed by atoms with E-state index in [4.69, 9.17) is 9.31 Å². The van der Waals surface area contributed by atoms with E-state index in [-0.39, 0.29) is 19.2 Å². The molecule has 110 valence electrons. The van der Waals surface area contributed by atoms with Gasteiger partial charge >= 0.3 is 7.69 Å². The van der Waals surface area contributed by atoms with E-state index in [0.29, 0.717) is 11.5 Å². The van der Waals surface area contributed by atoms with Gasteiger partial charge in [-0.2, -0.15) is 0 Å². The topological polar surface area (TPSA) is 58.9 Å². The van der Waals surface area contributed by atoms with Crippen molar-refractivity contribution in [3.8, 4) is 23.0 Å². The van der Waals surface area contributed by atoms with Crippen LogP contribution in [-0.4, -0.2) is 17.9 Å². The molecule has 0 saturated carbocycles. The molecule has 0 unspecified atom stereocenters. The summed E-state index contributed by atoms with van der Waals surface area (Å²) in [6, 6.07) is 7.05. The Morgan fingerprint density at radius 2 is 0.952 bits per heavy atom. The predicted molar refractivity (Wildman–Crippen MR) is 83.6 cm³/mol. The van der Waals surface area contributed by atoms with E-state index in [1.165, 1.54) is 0 Å². The van der Waals surface area contributed by atoms with Gasteiger partial charge in [-0.15, -0.1) is 0 Å². The molecule has 0 fully saturated rings. The van der Waals surface area contributed by atoms with Gasteiger partial charge in [0.2, 0.25) is 0 Å². The highest BCUT2D eigenvalue weighted by atomic mass is 16.6. The number of rotatable bonds is 4. The normalized spacial score (nSPS) is 10.3. The molecule has 0 radical (unpaired) electrons. The third-order valence-electron chi connectivity index (χ3n) is 3.38. The van der Waals surface area contributed by atoms with Crippen molar-refractivity contribution in [1.29, 1.82) is 0 Å². The molecule has 5 heteroatoms. The molecule has 0 aliphatic heterocycles. The first-order valence-corrected chi connectivity index (χ1v) is 6.74. The number of hydrogen-bond acceptors (Lipinski definition) is 4. The average Bonchev–Trinajstić information content (AvgIpc) is 2.42. The van der Waals surface area contributed by atoms with E-state index in [9.17, 15) is 10.2 Å². The number of benzene rings is 2. The van der Waals surface area contributed by atoms with Gasteiger partial charge in [0.05, 0.1) is 0 Å². The van der Waals surface area contributed by atoms with Crippen LogP contribution in [0.5, 0.6) is 23.0 Å². The lowest BCUT2D eigenvalue weighted by Gasteiger charge is -2.12. The van der Waals surface area contributed by atoms with Crippen LogP contribution in [-0.2, 0) is 0 Å². The van der Waals surface area contributed by atoms with Crippen LogP contribution in [0.3, 0.4) is 0 Å². The number of phenols is 2. The number of aromatic hydroxyl groups is 2. The molecule has 2 aromatic carbocycles. The molecule has 4 nitrogen and oxygen atoms in total.